The van der Waals surface area contributed by atoms with Gasteiger partial charge in [0.2, 0.25) is 5.52 Å². The lowest BCUT2D eigenvalue weighted by atomic mass is 9.91. The molecule has 1 aliphatic carbocycles. The fourth-order valence-corrected chi connectivity index (χ4v) is 7.77. The third-order valence-electron chi connectivity index (χ3n) is 7.28. The number of benzene rings is 2. The van der Waals surface area contributed by atoms with Gasteiger partial charge in [-0.05, 0) is 85.4 Å². The molecular formula is C31H31N4OS3+. The summed E-state index contributed by atoms with van der Waals surface area (Å²) in [5.41, 5.74) is 7.42. The summed E-state index contributed by atoms with van der Waals surface area (Å²) in [5, 5.41) is 7.02. The van der Waals surface area contributed by atoms with Crippen molar-refractivity contribution < 1.29 is 8.78 Å². The first-order valence-electron chi connectivity index (χ1n) is 13.0. The molecule has 4 aromatic rings. The van der Waals surface area contributed by atoms with E-state index >= 15 is 0 Å². The molecule has 2 aliphatic rings. The van der Waals surface area contributed by atoms with Crippen LogP contribution < -0.4 is 9.47 Å². The van der Waals surface area contributed by atoms with E-state index in [2.05, 4.69) is 84.2 Å². The maximum atomic E-state index is 12.0. The Hall–Kier alpha value is -3.20. The number of thiazole rings is 1. The predicted molar refractivity (Wildman–Crippen MR) is 165 cm³/mol. The molecule has 0 fully saturated rings. The SMILES string of the molecule is Cc1ccc2c(c1)N(C)C(=CC=C1CCCC(C=Cc3sc4ccc(S(C)=O)cc4[n+]3C)=C1n1cccn1)S2. The molecule has 2 aromatic heterocycles. The summed E-state index contributed by atoms with van der Waals surface area (Å²) >= 11 is 3.58. The van der Waals surface area contributed by atoms with Crippen LogP contribution in [0, 0.1) is 6.92 Å². The van der Waals surface area contributed by atoms with E-state index in [1.54, 1.807) is 17.6 Å². The number of fused-ring (bicyclic) bond motifs is 2. The van der Waals surface area contributed by atoms with Gasteiger partial charge in [0.15, 0.2) is 0 Å². The standard InChI is InChI=1S/C31H31N4OS3/c1-21-9-13-27-25(19-21)33(2)29(37-27)15-10-22-7-5-8-23(31(22)35-18-6-17-32-35)11-16-30-34(3)26-20-24(39(4)36)12-14-28(26)38-30/h6,9-20H,5,7-8H2,1-4H3/q+1. The molecule has 0 amide bonds. The zero-order chi connectivity index (χ0) is 27.1. The molecule has 6 rings (SSSR count). The van der Waals surface area contributed by atoms with Gasteiger partial charge in [-0.1, -0.05) is 35.2 Å². The molecule has 0 radical (unpaired) electrons. The third-order valence-corrected chi connectivity index (χ3v) is 10.6. The summed E-state index contributed by atoms with van der Waals surface area (Å²) in [6.07, 6.45) is 17.8. The Labute approximate surface area is 240 Å². The van der Waals surface area contributed by atoms with Crippen LogP contribution in [0.3, 0.4) is 0 Å². The summed E-state index contributed by atoms with van der Waals surface area (Å²) in [6, 6.07) is 14.7. The van der Waals surface area contributed by atoms with Crippen LogP contribution in [0.5, 0.6) is 0 Å². The van der Waals surface area contributed by atoms with E-state index in [1.807, 2.05) is 47.0 Å². The molecule has 1 atom stereocenters. The van der Waals surface area contributed by atoms with Gasteiger partial charge in [0, 0.05) is 47.6 Å². The van der Waals surface area contributed by atoms with Crippen LogP contribution in [0.4, 0.5) is 5.69 Å². The lowest BCUT2D eigenvalue weighted by Gasteiger charge is -2.22. The molecule has 1 aliphatic heterocycles. The number of aromatic nitrogens is 3. The van der Waals surface area contributed by atoms with Crippen LogP contribution in [0.1, 0.15) is 29.8 Å². The van der Waals surface area contributed by atoms with E-state index in [0.29, 0.717) is 0 Å². The summed E-state index contributed by atoms with van der Waals surface area (Å²) < 4.78 is 17.4. The fourth-order valence-electron chi connectivity index (χ4n) is 5.17. The monoisotopic (exact) mass is 571 g/mol. The molecule has 3 heterocycles. The minimum atomic E-state index is -0.995. The van der Waals surface area contributed by atoms with E-state index in [0.717, 1.165) is 34.7 Å². The molecule has 2 aromatic carbocycles. The van der Waals surface area contributed by atoms with Crippen LogP contribution in [-0.2, 0) is 17.8 Å². The van der Waals surface area contributed by atoms with Crippen LogP contribution in [0.2, 0.25) is 0 Å². The third kappa shape index (κ3) is 5.09. The number of hydrogen-bond acceptors (Lipinski definition) is 5. The van der Waals surface area contributed by atoms with Crippen molar-refractivity contribution in [1.29, 1.82) is 0 Å². The maximum absolute atomic E-state index is 12.0. The Morgan fingerprint density at radius 2 is 1.97 bits per heavy atom. The normalized spacial score (nSPS) is 18.7. The van der Waals surface area contributed by atoms with Gasteiger partial charge in [0.1, 0.15) is 11.7 Å². The zero-order valence-corrected chi connectivity index (χ0v) is 25.0. The van der Waals surface area contributed by atoms with E-state index in [9.17, 15) is 4.21 Å². The molecule has 198 valence electrons. The van der Waals surface area contributed by atoms with Crippen molar-refractivity contribution in [1.82, 2.24) is 9.78 Å². The van der Waals surface area contributed by atoms with Gasteiger partial charge in [0.25, 0.3) is 5.01 Å². The van der Waals surface area contributed by atoms with Gasteiger partial charge in [-0.25, -0.2) is 4.68 Å². The number of anilines is 1. The lowest BCUT2D eigenvalue weighted by Crippen LogP contribution is -2.29. The van der Waals surface area contributed by atoms with Crippen LogP contribution in [0.25, 0.3) is 22.0 Å². The second-order valence-corrected chi connectivity index (χ2v) is 13.4. The molecule has 0 spiro atoms. The molecule has 5 nitrogen and oxygen atoms in total. The molecule has 0 bridgehead atoms. The van der Waals surface area contributed by atoms with Gasteiger partial charge in [-0.2, -0.15) is 9.67 Å². The van der Waals surface area contributed by atoms with Crippen molar-refractivity contribution in [2.45, 2.75) is 36.0 Å². The first-order valence-corrected chi connectivity index (χ1v) is 16.2. The van der Waals surface area contributed by atoms with E-state index < -0.39 is 10.8 Å². The Morgan fingerprint density at radius 3 is 2.77 bits per heavy atom. The highest BCUT2D eigenvalue weighted by atomic mass is 32.2. The highest BCUT2D eigenvalue weighted by Crippen LogP contribution is 2.45. The zero-order valence-electron chi connectivity index (χ0n) is 22.5. The smallest absolute Gasteiger partial charge is 0.262 e. The Morgan fingerprint density at radius 1 is 1.10 bits per heavy atom. The first kappa shape index (κ1) is 26.0. The molecule has 1 unspecified atom stereocenters. The number of hydrogen-bond donors (Lipinski definition) is 0. The van der Waals surface area contributed by atoms with Gasteiger partial charge >= 0.3 is 0 Å². The summed E-state index contributed by atoms with van der Waals surface area (Å²) in [5.74, 6) is 0. The maximum Gasteiger partial charge on any atom is 0.262 e. The highest BCUT2D eigenvalue weighted by Gasteiger charge is 2.23. The van der Waals surface area contributed by atoms with Gasteiger partial charge in [-0.15, -0.1) is 0 Å². The minimum absolute atomic E-state index is 0.857. The van der Waals surface area contributed by atoms with Gasteiger partial charge < -0.3 is 4.90 Å². The van der Waals surface area contributed by atoms with Crippen molar-refractivity contribution in [2.24, 2.45) is 7.05 Å². The van der Waals surface area contributed by atoms with Crippen molar-refractivity contribution in [3.8, 4) is 0 Å². The number of aryl methyl sites for hydroxylation is 2. The second-order valence-electron chi connectivity index (χ2n) is 9.92. The van der Waals surface area contributed by atoms with Crippen LogP contribution in [0.15, 0.2) is 99.1 Å². The largest absolute Gasteiger partial charge is 0.338 e. The van der Waals surface area contributed by atoms with Gasteiger partial charge in [0.05, 0.1) is 27.2 Å². The predicted octanol–water partition coefficient (Wildman–Crippen LogP) is 7.09. The second kappa shape index (κ2) is 10.8. The van der Waals surface area contributed by atoms with Crippen molar-refractivity contribution in [3.05, 3.63) is 99.8 Å². The summed E-state index contributed by atoms with van der Waals surface area (Å²) in [6.45, 7) is 2.14. The number of nitrogens with zero attached hydrogens (tertiary/aromatic N) is 4. The van der Waals surface area contributed by atoms with Crippen molar-refractivity contribution in [2.75, 3.05) is 18.2 Å². The first-order chi connectivity index (χ1) is 18.9. The van der Waals surface area contributed by atoms with Crippen LogP contribution >= 0.6 is 23.1 Å². The summed E-state index contributed by atoms with van der Waals surface area (Å²) in [7, 11) is 3.23. The molecule has 0 N–H and O–H groups in total. The Balaban J connectivity index is 1.37. The molecule has 8 heteroatoms. The summed E-state index contributed by atoms with van der Waals surface area (Å²) in [4.78, 5) is 4.44. The average molecular weight is 572 g/mol. The van der Waals surface area contributed by atoms with Crippen molar-refractivity contribution >= 4 is 61.6 Å². The molecule has 0 saturated heterocycles. The van der Waals surface area contributed by atoms with Gasteiger partial charge in [-0.3, -0.25) is 4.21 Å². The van der Waals surface area contributed by atoms with E-state index in [4.69, 9.17) is 0 Å². The Kier molecular flexibility index (Phi) is 7.18. The number of rotatable bonds is 5. The van der Waals surface area contributed by atoms with E-state index in [-0.39, 0.29) is 0 Å². The fraction of sp³-hybridized carbons (Fsp3) is 0.226. The van der Waals surface area contributed by atoms with E-state index in [1.165, 1.54) is 42.7 Å². The highest BCUT2D eigenvalue weighted by molar-refractivity contribution is 8.03. The van der Waals surface area contributed by atoms with Crippen LogP contribution in [-0.4, -0.2) is 27.3 Å². The minimum Gasteiger partial charge on any atom is -0.338 e. The van der Waals surface area contributed by atoms with Crippen molar-refractivity contribution in [3.63, 3.8) is 0 Å². The number of allylic oxidation sites excluding steroid dienone is 6. The molecule has 39 heavy (non-hydrogen) atoms. The average Bonchev–Trinajstić information content (AvgIpc) is 3.65. The Bertz CT molecular complexity index is 1720. The quantitative estimate of drug-likeness (QED) is 0.240. The number of thioether (sulfide) groups is 1. The molecular weight excluding hydrogens is 541 g/mol. The lowest BCUT2D eigenvalue weighted by molar-refractivity contribution is -0.642. The topological polar surface area (TPSA) is 42.0 Å². The molecule has 0 saturated carbocycles.